The summed E-state index contributed by atoms with van der Waals surface area (Å²) in [6.45, 7) is 1.44. The average molecular weight is 415 g/mol. The third-order valence-corrected chi connectivity index (χ3v) is 5.05. The lowest BCUT2D eigenvalue weighted by Gasteiger charge is -2.24. The number of nitrogens with one attached hydrogen (secondary N) is 1. The summed E-state index contributed by atoms with van der Waals surface area (Å²) >= 11 is 0. The van der Waals surface area contributed by atoms with Crippen LogP contribution in [0.4, 0.5) is 5.69 Å². The molecule has 22 heavy (non-hydrogen) atoms. The Bertz CT molecular complexity index is 524. The van der Waals surface area contributed by atoms with Crippen molar-refractivity contribution < 1.29 is 4.74 Å². The van der Waals surface area contributed by atoms with Crippen LogP contribution in [0.5, 0.6) is 0 Å². The van der Waals surface area contributed by atoms with Gasteiger partial charge < -0.3 is 15.8 Å². The quantitative estimate of drug-likeness (QED) is 0.438. The molecule has 4 nitrogen and oxygen atoms in total. The molecule has 5 heteroatoms. The second-order valence-electron chi connectivity index (χ2n) is 6.56. The van der Waals surface area contributed by atoms with Gasteiger partial charge in [0.25, 0.3) is 0 Å². The van der Waals surface area contributed by atoms with Crippen LogP contribution < -0.4 is 11.1 Å². The number of hydrogen-bond acceptors (Lipinski definition) is 2. The van der Waals surface area contributed by atoms with E-state index in [0.717, 1.165) is 23.7 Å². The number of fused-ring (bicyclic) bond motifs is 2. The van der Waals surface area contributed by atoms with E-state index in [1.807, 2.05) is 24.3 Å². The maximum absolute atomic E-state index is 6.07. The molecule has 1 aromatic rings. The van der Waals surface area contributed by atoms with E-state index in [1.54, 1.807) is 7.11 Å². The van der Waals surface area contributed by atoms with Gasteiger partial charge in [-0.1, -0.05) is 18.2 Å². The number of nitrogens with two attached hydrogens (primary N) is 1. The monoisotopic (exact) mass is 415 g/mol. The van der Waals surface area contributed by atoms with Crippen molar-refractivity contribution in [1.29, 1.82) is 0 Å². The molecular formula is C17H26IN3O. The SMILES string of the molecule is COCc1ccccc1NC(N)=NCC12CCC(CC1)C2.I. The van der Waals surface area contributed by atoms with Crippen molar-refractivity contribution in [2.24, 2.45) is 22.1 Å². The molecule has 2 aliphatic carbocycles. The number of anilines is 1. The first-order valence-electron chi connectivity index (χ1n) is 7.85. The molecule has 122 valence electrons. The minimum absolute atomic E-state index is 0. The number of hydrogen-bond donors (Lipinski definition) is 2. The fourth-order valence-corrected chi connectivity index (χ4v) is 3.89. The van der Waals surface area contributed by atoms with E-state index in [0.29, 0.717) is 18.0 Å². The van der Waals surface area contributed by atoms with Crippen LogP contribution in [0.2, 0.25) is 0 Å². The molecule has 0 amide bonds. The highest BCUT2D eigenvalue weighted by molar-refractivity contribution is 14.0. The molecule has 0 spiro atoms. The lowest BCUT2D eigenvalue weighted by atomic mass is 9.84. The molecule has 2 fully saturated rings. The van der Waals surface area contributed by atoms with E-state index >= 15 is 0 Å². The summed E-state index contributed by atoms with van der Waals surface area (Å²) in [7, 11) is 1.70. The fourth-order valence-electron chi connectivity index (χ4n) is 3.89. The van der Waals surface area contributed by atoms with E-state index in [2.05, 4.69) is 10.3 Å². The van der Waals surface area contributed by atoms with Gasteiger partial charge in [-0.05, 0) is 49.5 Å². The third kappa shape index (κ3) is 3.93. The average Bonchev–Trinajstić information content (AvgIpc) is 3.09. The highest BCUT2D eigenvalue weighted by Gasteiger charge is 2.44. The first-order valence-corrected chi connectivity index (χ1v) is 7.85. The number of nitrogens with zero attached hydrogens (tertiary/aromatic N) is 1. The summed E-state index contributed by atoms with van der Waals surface area (Å²) in [5.74, 6) is 1.47. The van der Waals surface area contributed by atoms with Gasteiger partial charge in [-0.2, -0.15) is 0 Å². The van der Waals surface area contributed by atoms with Gasteiger partial charge in [0.2, 0.25) is 0 Å². The topological polar surface area (TPSA) is 59.6 Å². The van der Waals surface area contributed by atoms with E-state index in [1.165, 1.54) is 32.1 Å². The van der Waals surface area contributed by atoms with Crippen LogP contribution in [0.3, 0.4) is 0 Å². The first-order chi connectivity index (χ1) is 10.2. The second kappa shape index (κ2) is 7.64. The van der Waals surface area contributed by atoms with Crippen LogP contribution in [-0.2, 0) is 11.3 Å². The minimum atomic E-state index is 0. The Labute approximate surface area is 149 Å². The largest absolute Gasteiger partial charge is 0.380 e. The first kappa shape index (κ1) is 17.5. The molecule has 0 unspecified atom stereocenters. The molecule has 3 rings (SSSR count). The van der Waals surface area contributed by atoms with Crippen molar-refractivity contribution in [3.05, 3.63) is 29.8 Å². The van der Waals surface area contributed by atoms with Gasteiger partial charge in [-0.25, -0.2) is 0 Å². The zero-order chi connectivity index (χ0) is 14.7. The number of aliphatic imine (C=N–C) groups is 1. The van der Waals surface area contributed by atoms with Gasteiger partial charge in [0.1, 0.15) is 0 Å². The Hall–Kier alpha value is -0.820. The van der Waals surface area contributed by atoms with Crippen molar-refractivity contribution in [3.63, 3.8) is 0 Å². The van der Waals surface area contributed by atoms with Crippen LogP contribution in [0, 0.1) is 11.3 Å². The third-order valence-electron chi connectivity index (χ3n) is 5.05. The van der Waals surface area contributed by atoms with Crippen molar-refractivity contribution >= 4 is 35.6 Å². The van der Waals surface area contributed by atoms with Crippen LogP contribution >= 0.6 is 24.0 Å². The Kier molecular flexibility index (Phi) is 6.09. The van der Waals surface area contributed by atoms with Gasteiger partial charge in [-0.15, -0.1) is 24.0 Å². The van der Waals surface area contributed by atoms with E-state index in [-0.39, 0.29) is 24.0 Å². The number of halogens is 1. The molecule has 0 radical (unpaired) electrons. The number of methoxy groups -OCH3 is 1. The number of ether oxygens (including phenoxy) is 1. The lowest BCUT2D eigenvalue weighted by molar-refractivity contribution is 0.185. The highest BCUT2D eigenvalue weighted by Crippen LogP contribution is 2.54. The van der Waals surface area contributed by atoms with Crippen molar-refractivity contribution in [1.82, 2.24) is 0 Å². The summed E-state index contributed by atoms with van der Waals surface area (Å²) in [5, 5.41) is 3.22. The van der Waals surface area contributed by atoms with E-state index in [9.17, 15) is 0 Å². The molecule has 1 aromatic carbocycles. The van der Waals surface area contributed by atoms with Crippen LogP contribution in [0.25, 0.3) is 0 Å². The molecule has 2 aliphatic rings. The molecular weight excluding hydrogens is 389 g/mol. The Morgan fingerprint density at radius 3 is 2.73 bits per heavy atom. The molecule has 3 N–H and O–H groups in total. The molecule has 0 aliphatic heterocycles. The molecule has 0 atom stereocenters. The van der Waals surface area contributed by atoms with Crippen LogP contribution in [0.15, 0.2) is 29.3 Å². The van der Waals surface area contributed by atoms with Gasteiger partial charge >= 0.3 is 0 Å². The smallest absolute Gasteiger partial charge is 0.193 e. The van der Waals surface area contributed by atoms with Crippen molar-refractivity contribution in [2.75, 3.05) is 19.0 Å². The van der Waals surface area contributed by atoms with Gasteiger partial charge in [0.05, 0.1) is 6.61 Å². The maximum atomic E-state index is 6.07. The van der Waals surface area contributed by atoms with Gasteiger partial charge in [0.15, 0.2) is 5.96 Å². The van der Waals surface area contributed by atoms with Gasteiger partial charge in [0, 0.05) is 24.9 Å². The fraction of sp³-hybridized carbons (Fsp3) is 0.588. The minimum Gasteiger partial charge on any atom is -0.380 e. The molecule has 0 aromatic heterocycles. The van der Waals surface area contributed by atoms with Crippen LogP contribution in [-0.4, -0.2) is 19.6 Å². The molecule has 0 saturated heterocycles. The summed E-state index contributed by atoms with van der Waals surface area (Å²) in [6.07, 6.45) is 6.78. The number of guanidine groups is 1. The summed E-state index contributed by atoms with van der Waals surface area (Å²) in [6, 6.07) is 8.04. The lowest BCUT2D eigenvalue weighted by Crippen LogP contribution is -2.27. The van der Waals surface area contributed by atoms with Gasteiger partial charge in [-0.3, -0.25) is 4.99 Å². The molecule has 0 heterocycles. The normalized spacial score (nSPS) is 26.8. The standard InChI is InChI=1S/C17H25N3O.HI/c1-21-11-14-4-2-3-5-15(14)20-16(18)19-12-17-8-6-13(10-17)7-9-17;/h2-5,13H,6-12H2,1H3,(H3,18,19,20);1H. The number of rotatable bonds is 5. The van der Waals surface area contributed by atoms with E-state index in [4.69, 9.17) is 10.5 Å². The second-order valence-corrected chi connectivity index (χ2v) is 6.56. The molecule has 2 bridgehead atoms. The Balaban J connectivity index is 0.00000176. The van der Waals surface area contributed by atoms with Crippen molar-refractivity contribution in [2.45, 2.75) is 38.7 Å². The number of benzene rings is 1. The molecule has 2 saturated carbocycles. The summed E-state index contributed by atoms with van der Waals surface area (Å²) in [5.41, 5.74) is 8.60. The number of para-hydroxylation sites is 1. The zero-order valence-electron chi connectivity index (χ0n) is 13.2. The zero-order valence-corrected chi connectivity index (χ0v) is 15.5. The van der Waals surface area contributed by atoms with Crippen LogP contribution in [0.1, 0.15) is 37.7 Å². The predicted octanol–water partition coefficient (Wildman–Crippen LogP) is 3.76. The van der Waals surface area contributed by atoms with E-state index < -0.39 is 0 Å². The maximum Gasteiger partial charge on any atom is 0.193 e. The summed E-state index contributed by atoms with van der Waals surface area (Å²) < 4.78 is 5.21. The Morgan fingerprint density at radius 2 is 2.09 bits per heavy atom. The Morgan fingerprint density at radius 1 is 1.36 bits per heavy atom. The van der Waals surface area contributed by atoms with Crippen molar-refractivity contribution in [3.8, 4) is 0 Å². The predicted molar refractivity (Wildman–Crippen MR) is 102 cm³/mol. The highest BCUT2D eigenvalue weighted by atomic mass is 127. The summed E-state index contributed by atoms with van der Waals surface area (Å²) in [4.78, 5) is 4.61.